The van der Waals surface area contributed by atoms with Crippen LogP contribution in [0.2, 0.25) is 0 Å². The van der Waals surface area contributed by atoms with Crippen LogP contribution < -0.4 is 24.3 Å². The quantitative estimate of drug-likeness (QED) is 0.857. The first-order valence-corrected chi connectivity index (χ1v) is 8.81. The summed E-state index contributed by atoms with van der Waals surface area (Å²) < 4.78 is 21.8. The molecule has 2 aromatic carbocycles. The molecule has 0 aromatic heterocycles. The number of hydrogen-bond donors (Lipinski definition) is 1. The van der Waals surface area contributed by atoms with Crippen molar-refractivity contribution >= 4 is 0 Å². The maximum absolute atomic E-state index is 5.51. The zero-order chi connectivity index (χ0) is 18.7. The molecular weight excluding hydrogens is 330 g/mol. The van der Waals surface area contributed by atoms with E-state index in [4.69, 9.17) is 18.9 Å². The second-order valence-electron chi connectivity index (χ2n) is 6.62. The Morgan fingerprint density at radius 2 is 1.46 bits per heavy atom. The zero-order valence-electron chi connectivity index (χ0n) is 16.1. The Labute approximate surface area is 155 Å². The highest BCUT2D eigenvalue weighted by Gasteiger charge is 2.26. The van der Waals surface area contributed by atoms with Crippen molar-refractivity contribution in [3.05, 3.63) is 47.0 Å². The van der Waals surface area contributed by atoms with Crippen LogP contribution in [0, 0.1) is 0 Å². The third-order valence-electron chi connectivity index (χ3n) is 4.92. The van der Waals surface area contributed by atoms with Gasteiger partial charge in [0.05, 0.1) is 28.4 Å². The van der Waals surface area contributed by atoms with Gasteiger partial charge in [0.15, 0.2) is 23.0 Å². The summed E-state index contributed by atoms with van der Waals surface area (Å²) in [6.07, 6.45) is 1.82. The van der Waals surface area contributed by atoms with Crippen LogP contribution >= 0.6 is 0 Å². The molecule has 2 aromatic rings. The van der Waals surface area contributed by atoms with Crippen molar-refractivity contribution in [3.8, 4) is 23.0 Å². The van der Waals surface area contributed by atoms with E-state index >= 15 is 0 Å². The molecule has 1 heterocycles. The molecule has 2 atom stereocenters. The van der Waals surface area contributed by atoms with E-state index in [0.717, 1.165) is 35.8 Å². The van der Waals surface area contributed by atoms with Gasteiger partial charge in [0.25, 0.3) is 0 Å². The summed E-state index contributed by atoms with van der Waals surface area (Å²) in [4.78, 5) is 0. The minimum absolute atomic E-state index is 0.201. The van der Waals surface area contributed by atoms with E-state index in [2.05, 4.69) is 30.4 Å². The standard InChI is InChI=1S/C21H27NO4/c1-13-8-15-11-20(25-4)21(26-5)12-16(15)17(22-13)9-14-6-7-18(23-2)19(10-14)24-3/h6-7,10-13,17,22H,8-9H2,1-5H3. The monoisotopic (exact) mass is 357 g/mol. The van der Waals surface area contributed by atoms with E-state index in [-0.39, 0.29) is 6.04 Å². The predicted octanol–water partition coefficient (Wildman–Crippen LogP) is 3.54. The minimum atomic E-state index is 0.201. The van der Waals surface area contributed by atoms with Crippen LogP contribution in [0.4, 0.5) is 0 Å². The lowest BCUT2D eigenvalue weighted by Gasteiger charge is -2.32. The summed E-state index contributed by atoms with van der Waals surface area (Å²) in [6, 6.07) is 10.9. The van der Waals surface area contributed by atoms with Gasteiger partial charge >= 0.3 is 0 Å². The van der Waals surface area contributed by atoms with E-state index in [1.54, 1.807) is 28.4 Å². The number of rotatable bonds is 6. The molecule has 0 saturated carbocycles. The molecule has 5 nitrogen and oxygen atoms in total. The Hall–Kier alpha value is -2.40. The third-order valence-corrected chi connectivity index (χ3v) is 4.92. The van der Waals surface area contributed by atoms with Gasteiger partial charge in [-0.1, -0.05) is 6.07 Å². The Morgan fingerprint density at radius 3 is 2.12 bits per heavy atom. The Balaban J connectivity index is 1.94. The van der Waals surface area contributed by atoms with Crippen LogP contribution in [0.5, 0.6) is 23.0 Å². The largest absolute Gasteiger partial charge is 0.493 e. The fourth-order valence-electron chi connectivity index (χ4n) is 3.67. The summed E-state index contributed by atoms with van der Waals surface area (Å²) >= 11 is 0. The fourth-order valence-corrected chi connectivity index (χ4v) is 3.67. The van der Waals surface area contributed by atoms with Gasteiger partial charge in [-0.2, -0.15) is 0 Å². The zero-order valence-corrected chi connectivity index (χ0v) is 16.1. The molecule has 26 heavy (non-hydrogen) atoms. The van der Waals surface area contributed by atoms with Gasteiger partial charge < -0.3 is 24.3 Å². The van der Waals surface area contributed by atoms with Crippen molar-refractivity contribution in [3.63, 3.8) is 0 Å². The molecule has 2 unspecified atom stereocenters. The van der Waals surface area contributed by atoms with E-state index in [1.807, 2.05) is 12.1 Å². The number of hydrogen-bond acceptors (Lipinski definition) is 5. The van der Waals surface area contributed by atoms with Gasteiger partial charge in [-0.05, 0) is 60.7 Å². The predicted molar refractivity (Wildman–Crippen MR) is 102 cm³/mol. The van der Waals surface area contributed by atoms with Crippen molar-refractivity contribution in [2.24, 2.45) is 0 Å². The van der Waals surface area contributed by atoms with Crippen LogP contribution in [-0.4, -0.2) is 34.5 Å². The minimum Gasteiger partial charge on any atom is -0.493 e. The lowest BCUT2D eigenvalue weighted by Crippen LogP contribution is -2.38. The summed E-state index contributed by atoms with van der Waals surface area (Å²) in [7, 11) is 6.66. The van der Waals surface area contributed by atoms with Gasteiger partial charge in [0, 0.05) is 12.1 Å². The molecular formula is C21H27NO4. The highest BCUT2D eigenvalue weighted by atomic mass is 16.5. The fraction of sp³-hybridized carbons (Fsp3) is 0.429. The highest BCUT2D eigenvalue weighted by Crippen LogP contribution is 2.38. The molecule has 140 valence electrons. The molecule has 0 radical (unpaired) electrons. The van der Waals surface area contributed by atoms with E-state index in [0.29, 0.717) is 6.04 Å². The lowest BCUT2D eigenvalue weighted by atomic mass is 9.87. The molecule has 0 bridgehead atoms. The van der Waals surface area contributed by atoms with Gasteiger partial charge in [0.1, 0.15) is 0 Å². The van der Waals surface area contributed by atoms with Crippen molar-refractivity contribution in [1.29, 1.82) is 0 Å². The first-order valence-electron chi connectivity index (χ1n) is 8.81. The van der Waals surface area contributed by atoms with Crippen LogP contribution in [0.1, 0.15) is 29.7 Å². The van der Waals surface area contributed by atoms with Gasteiger partial charge in [0.2, 0.25) is 0 Å². The maximum Gasteiger partial charge on any atom is 0.161 e. The van der Waals surface area contributed by atoms with Crippen LogP contribution in [0.25, 0.3) is 0 Å². The maximum atomic E-state index is 5.51. The molecule has 0 fully saturated rings. The molecule has 1 aliphatic heterocycles. The van der Waals surface area contributed by atoms with Gasteiger partial charge in [-0.3, -0.25) is 0 Å². The third kappa shape index (κ3) is 3.58. The molecule has 0 saturated heterocycles. The molecule has 0 spiro atoms. The SMILES string of the molecule is COc1ccc(CC2NC(C)Cc3cc(OC)c(OC)cc32)cc1OC. The Kier molecular flexibility index (Phi) is 5.57. The summed E-state index contributed by atoms with van der Waals surface area (Å²) in [5.41, 5.74) is 3.75. The lowest BCUT2D eigenvalue weighted by molar-refractivity contribution is 0.348. The summed E-state index contributed by atoms with van der Waals surface area (Å²) in [6.45, 7) is 2.21. The number of methoxy groups -OCH3 is 4. The second-order valence-corrected chi connectivity index (χ2v) is 6.62. The topological polar surface area (TPSA) is 49.0 Å². The number of fused-ring (bicyclic) bond motifs is 1. The Bertz CT molecular complexity index is 775. The van der Waals surface area contributed by atoms with Crippen LogP contribution in [-0.2, 0) is 12.8 Å². The highest BCUT2D eigenvalue weighted by molar-refractivity contribution is 5.50. The van der Waals surface area contributed by atoms with Gasteiger partial charge in [-0.15, -0.1) is 0 Å². The van der Waals surface area contributed by atoms with Crippen molar-refractivity contribution in [2.45, 2.75) is 31.8 Å². The average molecular weight is 357 g/mol. The number of ether oxygens (including phenoxy) is 4. The van der Waals surface area contributed by atoms with Gasteiger partial charge in [-0.25, -0.2) is 0 Å². The normalized spacial score (nSPS) is 18.8. The van der Waals surface area contributed by atoms with E-state index < -0.39 is 0 Å². The molecule has 0 amide bonds. The first kappa shape index (κ1) is 18.4. The molecule has 1 N–H and O–H groups in total. The average Bonchev–Trinajstić information content (AvgIpc) is 2.66. The smallest absolute Gasteiger partial charge is 0.161 e. The summed E-state index contributed by atoms with van der Waals surface area (Å²) in [5, 5.41) is 3.71. The van der Waals surface area contributed by atoms with Crippen molar-refractivity contribution in [2.75, 3.05) is 28.4 Å². The molecule has 1 aliphatic rings. The number of nitrogens with one attached hydrogen (secondary N) is 1. The van der Waals surface area contributed by atoms with Crippen LogP contribution in [0.15, 0.2) is 30.3 Å². The Morgan fingerprint density at radius 1 is 0.846 bits per heavy atom. The second kappa shape index (κ2) is 7.87. The van der Waals surface area contributed by atoms with Crippen LogP contribution in [0.3, 0.4) is 0 Å². The van der Waals surface area contributed by atoms with Crippen molar-refractivity contribution in [1.82, 2.24) is 5.32 Å². The van der Waals surface area contributed by atoms with E-state index in [9.17, 15) is 0 Å². The molecule has 5 heteroatoms. The first-order chi connectivity index (χ1) is 12.6. The van der Waals surface area contributed by atoms with Crippen molar-refractivity contribution < 1.29 is 18.9 Å². The number of benzene rings is 2. The molecule has 3 rings (SSSR count). The molecule has 0 aliphatic carbocycles. The summed E-state index contributed by atoms with van der Waals surface area (Å²) in [5.74, 6) is 3.04. The van der Waals surface area contributed by atoms with E-state index in [1.165, 1.54) is 16.7 Å².